The predicted octanol–water partition coefficient (Wildman–Crippen LogP) is 4.54. The number of aromatic carboxylic acids is 1. The number of aliphatic hydroxyl groups excluding tert-OH is 1. The van der Waals surface area contributed by atoms with Crippen LogP contribution in [0.1, 0.15) is 41.6 Å². The van der Waals surface area contributed by atoms with E-state index >= 15 is 0 Å². The van der Waals surface area contributed by atoms with Gasteiger partial charge in [-0.15, -0.1) is 0 Å². The van der Waals surface area contributed by atoms with Crippen molar-refractivity contribution in [2.24, 2.45) is 16.6 Å². The molecule has 1 fully saturated rings. The zero-order valence-electron chi connectivity index (χ0n) is 23.4. The quantitative estimate of drug-likeness (QED) is 0.305. The average molecular weight is 573 g/mol. The Labute approximate surface area is 245 Å². The van der Waals surface area contributed by atoms with Crippen molar-refractivity contribution in [2.75, 3.05) is 31.3 Å². The van der Waals surface area contributed by atoms with E-state index in [4.69, 9.17) is 20.2 Å². The van der Waals surface area contributed by atoms with Gasteiger partial charge in [0, 0.05) is 50.0 Å². The minimum absolute atomic E-state index is 0.0567. The van der Waals surface area contributed by atoms with Gasteiger partial charge in [0.05, 0.1) is 17.9 Å². The van der Waals surface area contributed by atoms with E-state index in [2.05, 4.69) is 4.90 Å². The Balaban J connectivity index is 1.34. The minimum Gasteiger partial charge on any atom is -0.478 e. The number of ether oxygens (including phenoxy) is 2. The number of carboxylic acid groups (broad SMARTS) is 1. The van der Waals surface area contributed by atoms with Crippen LogP contribution < -0.4 is 15.4 Å². The van der Waals surface area contributed by atoms with E-state index in [1.54, 1.807) is 12.1 Å². The zero-order chi connectivity index (χ0) is 29.5. The molecule has 3 aromatic rings. The van der Waals surface area contributed by atoms with Crippen LogP contribution in [0.5, 0.6) is 11.5 Å². The Morgan fingerprint density at radius 3 is 2.48 bits per heavy atom. The summed E-state index contributed by atoms with van der Waals surface area (Å²) in [5, 5.41) is 18.9. The molecular weight excluding hydrogens is 536 g/mol. The van der Waals surface area contributed by atoms with Crippen LogP contribution in [0.4, 0.5) is 11.4 Å². The number of carbonyl (C=O) groups excluding carboxylic acids is 1. The Morgan fingerprint density at radius 1 is 1.05 bits per heavy atom. The average Bonchev–Trinajstić information content (AvgIpc) is 3.01. The largest absolute Gasteiger partial charge is 0.478 e. The van der Waals surface area contributed by atoms with E-state index in [0.29, 0.717) is 43.6 Å². The van der Waals surface area contributed by atoms with Gasteiger partial charge in [-0.1, -0.05) is 18.2 Å². The fraction of sp³-hybridized carbons (Fsp3) is 0.344. The number of hydrogen-bond donors (Lipinski definition) is 3. The lowest BCUT2D eigenvalue weighted by Gasteiger charge is -2.41. The van der Waals surface area contributed by atoms with E-state index < -0.39 is 5.97 Å². The molecule has 1 saturated heterocycles. The third kappa shape index (κ3) is 6.89. The number of nitrogens with zero attached hydrogens (tertiary/aromatic N) is 3. The van der Waals surface area contributed by atoms with Gasteiger partial charge in [-0.3, -0.25) is 4.79 Å². The molecule has 1 unspecified atom stereocenters. The molecule has 0 spiro atoms. The number of hydrogen-bond acceptors (Lipinski definition) is 8. The topological polar surface area (TPSA) is 138 Å². The molecule has 220 valence electrons. The van der Waals surface area contributed by atoms with Gasteiger partial charge in [0.25, 0.3) is 0 Å². The lowest BCUT2D eigenvalue weighted by molar-refractivity contribution is -0.119. The highest BCUT2D eigenvalue weighted by Gasteiger charge is 2.33. The molecule has 42 heavy (non-hydrogen) atoms. The van der Waals surface area contributed by atoms with E-state index in [9.17, 15) is 19.8 Å². The van der Waals surface area contributed by atoms with Gasteiger partial charge < -0.3 is 35.2 Å². The van der Waals surface area contributed by atoms with Crippen LogP contribution in [0.15, 0.2) is 77.8 Å². The number of nitrogens with two attached hydrogens (primary N) is 1. The summed E-state index contributed by atoms with van der Waals surface area (Å²) in [6, 6.07) is 21.4. The number of rotatable bonds is 11. The molecule has 4 N–H and O–H groups in total. The third-order valence-electron chi connectivity index (χ3n) is 7.81. The van der Waals surface area contributed by atoms with Gasteiger partial charge in [0.15, 0.2) is 5.96 Å². The normalized spacial score (nSPS) is 15.8. The van der Waals surface area contributed by atoms with Gasteiger partial charge in [-0.2, -0.15) is 0 Å². The molecular formula is C32H36N4O6. The summed E-state index contributed by atoms with van der Waals surface area (Å²) in [6.45, 7) is 1.73. The summed E-state index contributed by atoms with van der Waals surface area (Å²) in [5.74, 6) is 0.933. The molecule has 10 nitrogen and oxygen atoms in total. The zero-order valence-corrected chi connectivity index (χ0v) is 23.4. The van der Waals surface area contributed by atoms with Crippen molar-refractivity contribution in [3.05, 3.63) is 83.9 Å². The molecule has 0 radical (unpaired) electrons. The summed E-state index contributed by atoms with van der Waals surface area (Å²) in [6.07, 6.45) is 2.45. The van der Waals surface area contributed by atoms with Crippen molar-refractivity contribution in [3.8, 4) is 11.5 Å². The number of aliphatic hydroxyl groups is 1. The van der Waals surface area contributed by atoms with Crippen LogP contribution in [0.3, 0.4) is 0 Å². The van der Waals surface area contributed by atoms with Crippen LogP contribution in [0, 0.1) is 5.92 Å². The molecule has 0 saturated carbocycles. The Hall–Kier alpha value is -4.41. The molecule has 2 aliphatic heterocycles. The van der Waals surface area contributed by atoms with E-state index in [0.717, 1.165) is 29.8 Å². The van der Waals surface area contributed by atoms with Gasteiger partial charge >= 0.3 is 5.97 Å². The minimum atomic E-state index is -1.04. The predicted molar refractivity (Wildman–Crippen MR) is 159 cm³/mol. The summed E-state index contributed by atoms with van der Waals surface area (Å²) in [7, 11) is 0. The number of guanidine groups is 1. The van der Waals surface area contributed by atoms with Crippen molar-refractivity contribution >= 4 is 29.2 Å². The maximum absolute atomic E-state index is 13.5. The first-order valence-electron chi connectivity index (χ1n) is 14.2. The first-order chi connectivity index (χ1) is 20.4. The summed E-state index contributed by atoms with van der Waals surface area (Å²) in [5.41, 5.74) is 9.00. The summed E-state index contributed by atoms with van der Waals surface area (Å²) in [4.78, 5) is 33.1. The van der Waals surface area contributed by atoms with Crippen LogP contribution >= 0.6 is 0 Å². The van der Waals surface area contributed by atoms with Crippen LogP contribution in [0.25, 0.3) is 0 Å². The molecule has 0 aromatic heterocycles. The molecule has 1 atom stereocenters. The molecule has 10 heteroatoms. The number of carboxylic acids is 1. The SMILES string of the molecule is NC1=Nc2ccc(Oc3ccccc3)cc2CN1C(CCC(=O)N(CCO)c1ccc(C(=O)O)cc1)C1CCOCC1. The van der Waals surface area contributed by atoms with E-state index in [1.807, 2.05) is 48.5 Å². The molecule has 2 heterocycles. The van der Waals surface area contributed by atoms with Crippen molar-refractivity contribution < 1.29 is 29.3 Å². The van der Waals surface area contributed by atoms with Crippen molar-refractivity contribution in [2.45, 2.75) is 38.3 Å². The molecule has 2 aliphatic rings. The molecule has 5 rings (SSSR count). The summed E-state index contributed by atoms with van der Waals surface area (Å²) >= 11 is 0. The lowest BCUT2D eigenvalue weighted by atomic mass is 9.87. The van der Waals surface area contributed by atoms with Crippen molar-refractivity contribution in [1.82, 2.24) is 4.90 Å². The number of fused-ring (bicyclic) bond motifs is 1. The fourth-order valence-electron chi connectivity index (χ4n) is 5.66. The van der Waals surface area contributed by atoms with Gasteiger partial charge in [0.2, 0.25) is 5.91 Å². The van der Waals surface area contributed by atoms with E-state index in [1.165, 1.54) is 17.0 Å². The number of para-hydroxylation sites is 1. The third-order valence-corrected chi connectivity index (χ3v) is 7.81. The highest BCUT2D eigenvalue weighted by molar-refractivity contribution is 5.94. The second-order valence-corrected chi connectivity index (χ2v) is 10.5. The molecule has 0 bridgehead atoms. The number of carbonyl (C=O) groups is 2. The number of amides is 1. The van der Waals surface area contributed by atoms with Crippen LogP contribution in [-0.4, -0.2) is 65.4 Å². The first kappa shape index (κ1) is 29.1. The van der Waals surface area contributed by atoms with Gasteiger partial charge in [0.1, 0.15) is 11.5 Å². The molecule has 1 amide bonds. The van der Waals surface area contributed by atoms with E-state index in [-0.39, 0.29) is 43.0 Å². The Bertz CT molecular complexity index is 1410. The van der Waals surface area contributed by atoms with Crippen molar-refractivity contribution in [1.29, 1.82) is 0 Å². The highest BCUT2D eigenvalue weighted by atomic mass is 16.5. The highest BCUT2D eigenvalue weighted by Crippen LogP contribution is 2.35. The summed E-state index contributed by atoms with van der Waals surface area (Å²) < 4.78 is 11.7. The smallest absolute Gasteiger partial charge is 0.335 e. The molecule has 3 aromatic carbocycles. The Morgan fingerprint density at radius 2 is 1.79 bits per heavy atom. The standard InChI is InChI=1S/C32H36N4O6/c33-32-34-28-11-10-27(42-26-4-2-1-3-5-26)20-24(28)21-36(32)29(22-14-18-41-19-15-22)12-13-30(38)35(16-17-37)25-8-6-23(7-9-25)31(39)40/h1-11,20,22,29,37H,12-19,21H2,(H2,33,34)(H,39,40). The second kappa shape index (κ2) is 13.5. The maximum atomic E-state index is 13.5. The maximum Gasteiger partial charge on any atom is 0.335 e. The molecule has 0 aliphatic carbocycles. The number of aliphatic imine (C=N–C) groups is 1. The van der Waals surface area contributed by atoms with Gasteiger partial charge in [-0.25, -0.2) is 9.79 Å². The Kier molecular flexibility index (Phi) is 9.35. The van der Waals surface area contributed by atoms with Crippen LogP contribution in [-0.2, 0) is 16.1 Å². The monoisotopic (exact) mass is 572 g/mol. The lowest BCUT2D eigenvalue weighted by Crippen LogP contribution is -2.50. The van der Waals surface area contributed by atoms with Crippen LogP contribution in [0.2, 0.25) is 0 Å². The van der Waals surface area contributed by atoms with Crippen molar-refractivity contribution in [3.63, 3.8) is 0 Å². The van der Waals surface area contributed by atoms with Gasteiger partial charge in [-0.05, 0) is 79.8 Å². The first-order valence-corrected chi connectivity index (χ1v) is 14.2. The fourth-order valence-corrected chi connectivity index (χ4v) is 5.66. The number of benzene rings is 3. The number of anilines is 1. The second-order valence-electron chi connectivity index (χ2n) is 10.5.